The molecule has 26 heavy (non-hydrogen) atoms. The quantitative estimate of drug-likeness (QED) is 0.876. The Kier molecular flexibility index (Phi) is 5.06. The van der Waals surface area contributed by atoms with Gasteiger partial charge in [-0.2, -0.15) is 0 Å². The van der Waals surface area contributed by atoms with Crippen molar-refractivity contribution in [2.24, 2.45) is 0 Å². The van der Waals surface area contributed by atoms with Gasteiger partial charge in [0.2, 0.25) is 0 Å². The van der Waals surface area contributed by atoms with Gasteiger partial charge < -0.3 is 19.9 Å². The lowest BCUT2D eigenvalue weighted by molar-refractivity contribution is 0.0860. The molecule has 140 valence electrons. The van der Waals surface area contributed by atoms with Gasteiger partial charge in [-0.15, -0.1) is 11.3 Å². The summed E-state index contributed by atoms with van der Waals surface area (Å²) in [5, 5.41) is 4.04. The molecule has 0 radical (unpaired) electrons. The van der Waals surface area contributed by atoms with Crippen molar-refractivity contribution in [3.8, 4) is 0 Å². The zero-order valence-electron chi connectivity index (χ0n) is 15.3. The molecule has 2 aliphatic rings. The largest absolute Gasteiger partial charge is 0.376 e. The molecular weight excluding hydrogens is 350 g/mol. The number of nitrogens with one attached hydrogen (secondary N) is 1. The van der Waals surface area contributed by atoms with Gasteiger partial charge >= 0.3 is 0 Å². The first-order valence-electron chi connectivity index (χ1n) is 9.21. The lowest BCUT2D eigenvalue weighted by Gasteiger charge is -2.33. The van der Waals surface area contributed by atoms with Gasteiger partial charge in [-0.25, -0.2) is 9.97 Å². The standard InChI is InChI=1S/C18H25N5O2S/c1-12-14-16(23-7-5-22(2)6-8-23)20-11-21-18(14)26-15(12)17(24)19-10-13-4-3-9-25-13/h11,13H,3-10H2,1-2H3,(H,19,24). The molecule has 1 unspecified atom stereocenters. The zero-order chi connectivity index (χ0) is 18.1. The first-order chi connectivity index (χ1) is 12.6. The fourth-order valence-corrected chi connectivity index (χ4v) is 4.68. The number of likely N-dealkylation sites (N-methyl/N-ethyl adjacent to an activating group) is 1. The van der Waals surface area contributed by atoms with Crippen LogP contribution in [0.4, 0.5) is 5.82 Å². The van der Waals surface area contributed by atoms with Gasteiger partial charge in [0.05, 0.1) is 16.4 Å². The number of fused-ring (bicyclic) bond motifs is 1. The topological polar surface area (TPSA) is 70.6 Å². The Morgan fingerprint density at radius 2 is 2.15 bits per heavy atom. The van der Waals surface area contributed by atoms with E-state index >= 15 is 0 Å². The van der Waals surface area contributed by atoms with E-state index in [0.717, 1.165) is 72.1 Å². The number of hydrogen-bond acceptors (Lipinski definition) is 7. The summed E-state index contributed by atoms with van der Waals surface area (Å²) in [5.41, 5.74) is 0.976. The summed E-state index contributed by atoms with van der Waals surface area (Å²) in [5.74, 6) is 0.917. The number of anilines is 1. The van der Waals surface area contributed by atoms with Crippen molar-refractivity contribution in [1.82, 2.24) is 20.2 Å². The van der Waals surface area contributed by atoms with Gasteiger partial charge in [0.15, 0.2) is 0 Å². The molecule has 0 saturated carbocycles. The van der Waals surface area contributed by atoms with Gasteiger partial charge in [-0.1, -0.05) is 0 Å². The SMILES string of the molecule is Cc1c(C(=O)NCC2CCCO2)sc2ncnc(N3CCN(C)CC3)c12. The average Bonchev–Trinajstić information content (AvgIpc) is 3.28. The van der Waals surface area contributed by atoms with Crippen LogP contribution < -0.4 is 10.2 Å². The highest BCUT2D eigenvalue weighted by Gasteiger charge is 2.24. The molecule has 2 fully saturated rings. The summed E-state index contributed by atoms with van der Waals surface area (Å²) < 4.78 is 5.59. The number of ether oxygens (including phenoxy) is 1. The molecule has 0 bridgehead atoms. The molecule has 2 aromatic rings. The molecule has 2 aromatic heterocycles. The number of carbonyl (C=O) groups is 1. The second kappa shape index (κ2) is 7.46. The minimum Gasteiger partial charge on any atom is -0.376 e. The number of aromatic nitrogens is 2. The third-order valence-electron chi connectivity index (χ3n) is 5.23. The average molecular weight is 375 g/mol. The van der Waals surface area contributed by atoms with E-state index in [0.29, 0.717) is 6.54 Å². The molecule has 2 saturated heterocycles. The van der Waals surface area contributed by atoms with Crippen LogP contribution >= 0.6 is 11.3 Å². The van der Waals surface area contributed by atoms with Crippen LogP contribution in [0.25, 0.3) is 10.2 Å². The summed E-state index contributed by atoms with van der Waals surface area (Å²) >= 11 is 1.45. The molecule has 0 aromatic carbocycles. The summed E-state index contributed by atoms with van der Waals surface area (Å²) in [7, 11) is 2.14. The molecule has 0 aliphatic carbocycles. The van der Waals surface area contributed by atoms with Crippen LogP contribution in [-0.2, 0) is 4.74 Å². The van der Waals surface area contributed by atoms with E-state index in [1.807, 2.05) is 6.92 Å². The number of thiophene rings is 1. The van der Waals surface area contributed by atoms with Crippen LogP contribution in [0.1, 0.15) is 28.1 Å². The first kappa shape index (κ1) is 17.6. The molecule has 8 heteroatoms. The number of piperazine rings is 1. The zero-order valence-corrected chi connectivity index (χ0v) is 16.1. The monoisotopic (exact) mass is 375 g/mol. The van der Waals surface area contributed by atoms with E-state index in [1.54, 1.807) is 6.33 Å². The lowest BCUT2D eigenvalue weighted by atomic mass is 10.1. The third kappa shape index (κ3) is 3.41. The number of hydrogen-bond donors (Lipinski definition) is 1. The van der Waals surface area contributed by atoms with Gasteiger partial charge in [-0.3, -0.25) is 4.79 Å². The maximum absolute atomic E-state index is 12.7. The second-order valence-corrected chi connectivity index (χ2v) is 8.07. The highest BCUT2D eigenvalue weighted by molar-refractivity contribution is 7.20. The second-order valence-electron chi connectivity index (χ2n) is 7.07. The molecule has 0 spiro atoms. The van der Waals surface area contributed by atoms with E-state index < -0.39 is 0 Å². The van der Waals surface area contributed by atoms with Crippen LogP contribution in [0.2, 0.25) is 0 Å². The fraction of sp³-hybridized carbons (Fsp3) is 0.611. The number of amides is 1. The van der Waals surface area contributed by atoms with Gasteiger partial charge in [0.1, 0.15) is 17.0 Å². The Bertz CT molecular complexity index is 794. The Labute approximate surface area is 157 Å². The van der Waals surface area contributed by atoms with Gasteiger partial charge in [-0.05, 0) is 32.4 Å². The molecule has 2 aliphatic heterocycles. The Morgan fingerprint density at radius 1 is 1.35 bits per heavy atom. The predicted molar refractivity (Wildman–Crippen MR) is 103 cm³/mol. The van der Waals surface area contributed by atoms with Crippen molar-refractivity contribution < 1.29 is 9.53 Å². The van der Waals surface area contributed by atoms with Crippen LogP contribution in [0, 0.1) is 6.92 Å². The molecule has 1 atom stereocenters. The Balaban J connectivity index is 1.58. The predicted octanol–water partition coefficient (Wildman–Crippen LogP) is 1.66. The summed E-state index contributed by atoms with van der Waals surface area (Å²) in [6.07, 6.45) is 3.85. The molecule has 7 nitrogen and oxygen atoms in total. The summed E-state index contributed by atoms with van der Waals surface area (Å²) in [6.45, 7) is 7.29. The highest BCUT2D eigenvalue weighted by Crippen LogP contribution is 2.35. The van der Waals surface area contributed by atoms with E-state index in [1.165, 1.54) is 11.3 Å². The summed E-state index contributed by atoms with van der Waals surface area (Å²) in [6, 6.07) is 0. The Morgan fingerprint density at radius 3 is 2.88 bits per heavy atom. The minimum atomic E-state index is -0.0367. The molecule has 4 heterocycles. The van der Waals surface area contributed by atoms with E-state index in [9.17, 15) is 4.79 Å². The number of rotatable bonds is 4. The number of aryl methyl sites for hydroxylation is 1. The van der Waals surface area contributed by atoms with Crippen molar-refractivity contribution in [1.29, 1.82) is 0 Å². The van der Waals surface area contributed by atoms with Crippen LogP contribution in [0.15, 0.2) is 6.33 Å². The molecule has 1 amide bonds. The Hall–Kier alpha value is -1.77. The van der Waals surface area contributed by atoms with Crippen molar-refractivity contribution in [2.45, 2.75) is 25.9 Å². The number of nitrogens with zero attached hydrogens (tertiary/aromatic N) is 4. The van der Waals surface area contributed by atoms with E-state index in [-0.39, 0.29) is 12.0 Å². The van der Waals surface area contributed by atoms with Gasteiger partial charge in [0, 0.05) is 39.3 Å². The maximum atomic E-state index is 12.7. The van der Waals surface area contributed by atoms with Crippen LogP contribution in [0.3, 0.4) is 0 Å². The fourth-order valence-electron chi connectivity index (χ4n) is 3.62. The third-order valence-corrected chi connectivity index (χ3v) is 6.43. The summed E-state index contributed by atoms with van der Waals surface area (Å²) in [4.78, 5) is 27.9. The molecular formula is C18H25N5O2S. The minimum absolute atomic E-state index is 0.0367. The normalized spacial score (nSPS) is 21.5. The van der Waals surface area contributed by atoms with E-state index in [4.69, 9.17) is 4.74 Å². The molecule has 4 rings (SSSR count). The van der Waals surface area contributed by atoms with Crippen molar-refractivity contribution >= 4 is 33.3 Å². The van der Waals surface area contributed by atoms with Crippen molar-refractivity contribution in [3.05, 3.63) is 16.8 Å². The maximum Gasteiger partial charge on any atom is 0.261 e. The number of carbonyl (C=O) groups excluding carboxylic acids is 1. The van der Waals surface area contributed by atoms with E-state index in [2.05, 4.69) is 32.1 Å². The van der Waals surface area contributed by atoms with Gasteiger partial charge in [0.25, 0.3) is 5.91 Å². The molecule has 1 N–H and O–H groups in total. The lowest BCUT2D eigenvalue weighted by Crippen LogP contribution is -2.44. The van der Waals surface area contributed by atoms with Crippen molar-refractivity contribution in [3.63, 3.8) is 0 Å². The van der Waals surface area contributed by atoms with Crippen LogP contribution in [-0.4, -0.2) is 73.3 Å². The smallest absolute Gasteiger partial charge is 0.261 e. The van der Waals surface area contributed by atoms with Crippen molar-refractivity contribution in [2.75, 3.05) is 51.3 Å². The van der Waals surface area contributed by atoms with Crippen LogP contribution in [0.5, 0.6) is 0 Å². The first-order valence-corrected chi connectivity index (χ1v) is 10.0. The highest BCUT2D eigenvalue weighted by atomic mass is 32.1.